The molecule has 3 aromatic rings. The topological polar surface area (TPSA) is 104 Å². The monoisotopic (exact) mass is 469 g/mol. The number of nitrogens with zero attached hydrogens (tertiary/aromatic N) is 4. The van der Waals surface area contributed by atoms with Gasteiger partial charge in [0.15, 0.2) is 0 Å². The van der Waals surface area contributed by atoms with Crippen molar-refractivity contribution in [2.24, 2.45) is 15.9 Å². The largest absolute Gasteiger partial charge is 0.481 e. The van der Waals surface area contributed by atoms with Crippen LogP contribution in [0.4, 0.5) is 5.69 Å². The highest BCUT2D eigenvalue weighted by atomic mass is 16.4. The lowest BCUT2D eigenvalue weighted by Crippen LogP contribution is -2.16. The highest BCUT2D eigenvalue weighted by Gasteiger charge is 2.24. The van der Waals surface area contributed by atoms with Crippen molar-refractivity contribution in [2.45, 2.75) is 64.7 Å². The molecule has 1 fully saturated rings. The number of rotatable bonds is 6. The molecule has 0 unspecified atom stereocenters. The Morgan fingerprint density at radius 2 is 1.89 bits per heavy atom. The predicted octanol–water partition coefficient (Wildman–Crippen LogP) is 6.27. The number of aryl methyl sites for hydroxylation is 1. The van der Waals surface area contributed by atoms with E-state index in [1.165, 1.54) is 11.1 Å². The normalized spacial score (nSPS) is 21.0. The second-order valence-corrected chi connectivity index (χ2v) is 9.83. The van der Waals surface area contributed by atoms with Crippen LogP contribution in [0.2, 0.25) is 0 Å². The fourth-order valence-corrected chi connectivity index (χ4v) is 5.28. The number of aromatic amines is 1. The zero-order valence-electron chi connectivity index (χ0n) is 20.3. The Morgan fingerprint density at radius 3 is 2.57 bits per heavy atom. The fourth-order valence-electron chi connectivity index (χ4n) is 5.28. The highest BCUT2D eigenvalue weighted by molar-refractivity contribution is 6.06. The van der Waals surface area contributed by atoms with Crippen LogP contribution < -0.4 is 0 Å². The van der Waals surface area contributed by atoms with Gasteiger partial charge in [0.05, 0.1) is 11.2 Å². The Bertz CT molecular complexity index is 1330. The molecule has 0 atom stereocenters. The van der Waals surface area contributed by atoms with Crippen LogP contribution in [-0.4, -0.2) is 37.9 Å². The number of aromatic nitrogens is 3. The van der Waals surface area contributed by atoms with Crippen molar-refractivity contribution >= 4 is 34.1 Å². The number of aliphatic imine (C=N–C) groups is 2. The summed E-state index contributed by atoms with van der Waals surface area (Å²) in [5.74, 6) is 0.197. The van der Waals surface area contributed by atoms with Crippen molar-refractivity contribution in [1.29, 1.82) is 0 Å². The van der Waals surface area contributed by atoms with Gasteiger partial charge in [-0.05, 0) is 98.6 Å². The van der Waals surface area contributed by atoms with Crippen molar-refractivity contribution < 1.29 is 9.90 Å². The van der Waals surface area contributed by atoms with Crippen LogP contribution in [0.5, 0.6) is 0 Å². The van der Waals surface area contributed by atoms with Crippen LogP contribution in [0.1, 0.15) is 74.5 Å². The van der Waals surface area contributed by atoms with Crippen molar-refractivity contribution in [3.05, 3.63) is 64.9 Å². The fraction of sp³-hybridized carbons (Fsp3) is 0.393. The number of nitrogens with one attached hydrogen (secondary N) is 1. The molecule has 2 aliphatic rings. The zero-order valence-corrected chi connectivity index (χ0v) is 20.3. The first-order valence-corrected chi connectivity index (χ1v) is 12.4. The molecule has 1 saturated carbocycles. The van der Waals surface area contributed by atoms with E-state index in [4.69, 9.17) is 15.1 Å². The van der Waals surface area contributed by atoms with E-state index >= 15 is 0 Å². The number of allylic oxidation sites excluding steroid dienone is 1. The van der Waals surface area contributed by atoms with E-state index in [9.17, 15) is 4.79 Å². The molecule has 35 heavy (non-hydrogen) atoms. The van der Waals surface area contributed by atoms with Gasteiger partial charge in [0, 0.05) is 24.0 Å². The number of hydrogen-bond donors (Lipinski definition) is 2. The van der Waals surface area contributed by atoms with Gasteiger partial charge in [0.25, 0.3) is 0 Å². The minimum absolute atomic E-state index is 0.307. The number of aliphatic carboxylic acids is 1. The number of carboxylic acid groups (broad SMARTS) is 1. The molecule has 0 saturated heterocycles. The van der Waals surface area contributed by atoms with Gasteiger partial charge in [-0.3, -0.25) is 19.9 Å². The van der Waals surface area contributed by atoms with Crippen LogP contribution in [0.15, 0.2) is 58.2 Å². The Kier molecular flexibility index (Phi) is 6.57. The van der Waals surface area contributed by atoms with E-state index in [1.54, 1.807) is 0 Å². The summed E-state index contributed by atoms with van der Waals surface area (Å²) in [4.78, 5) is 20.6. The number of benzene rings is 2. The molecule has 7 heteroatoms. The molecule has 2 heterocycles. The molecule has 5 rings (SSSR count). The van der Waals surface area contributed by atoms with Crippen molar-refractivity contribution in [3.8, 4) is 0 Å². The SMILES string of the molecule is C/C(=N\c1cc2[nH]nnc2cc1C)C1=CN=C(c2ccc(C3CCC(CC(=O)O)CC3)cc2)CC1. The molecule has 1 aliphatic heterocycles. The first kappa shape index (κ1) is 23.1. The molecule has 0 spiro atoms. The molecule has 180 valence electrons. The molecule has 0 radical (unpaired) electrons. The molecular weight excluding hydrogens is 438 g/mol. The zero-order chi connectivity index (χ0) is 24.4. The first-order valence-electron chi connectivity index (χ1n) is 12.4. The Hall–Kier alpha value is -3.61. The van der Waals surface area contributed by atoms with Crippen LogP contribution in [0.3, 0.4) is 0 Å². The number of H-pyrrole nitrogens is 1. The van der Waals surface area contributed by atoms with Gasteiger partial charge < -0.3 is 5.11 Å². The lowest BCUT2D eigenvalue weighted by Gasteiger charge is -2.28. The molecule has 0 bridgehead atoms. The number of fused-ring (bicyclic) bond motifs is 1. The third-order valence-corrected chi connectivity index (χ3v) is 7.43. The minimum atomic E-state index is -0.673. The Morgan fingerprint density at radius 1 is 1.11 bits per heavy atom. The summed E-state index contributed by atoms with van der Waals surface area (Å²) < 4.78 is 0. The smallest absolute Gasteiger partial charge is 0.303 e. The molecule has 1 aromatic heterocycles. The summed E-state index contributed by atoms with van der Waals surface area (Å²) in [5.41, 5.74) is 9.51. The molecule has 7 nitrogen and oxygen atoms in total. The lowest BCUT2D eigenvalue weighted by molar-refractivity contribution is -0.138. The van der Waals surface area contributed by atoms with Gasteiger partial charge in [-0.2, -0.15) is 0 Å². The van der Waals surface area contributed by atoms with E-state index in [1.807, 2.05) is 32.2 Å². The van der Waals surface area contributed by atoms with Gasteiger partial charge in [-0.1, -0.05) is 29.5 Å². The van der Waals surface area contributed by atoms with Crippen LogP contribution >= 0.6 is 0 Å². The molecule has 2 N–H and O–H groups in total. The summed E-state index contributed by atoms with van der Waals surface area (Å²) in [6.07, 6.45) is 8.23. The quantitative estimate of drug-likeness (QED) is 0.415. The van der Waals surface area contributed by atoms with Crippen LogP contribution in [0, 0.1) is 12.8 Å². The maximum atomic E-state index is 11.0. The maximum absolute atomic E-state index is 11.0. The van der Waals surface area contributed by atoms with Gasteiger partial charge in [0.1, 0.15) is 5.52 Å². The number of carboxylic acids is 1. The van der Waals surface area contributed by atoms with Gasteiger partial charge in [0.2, 0.25) is 0 Å². The summed E-state index contributed by atoms with van der Waals surface area (Å²) in [6.45, 7) is 4.08. The number of hydrogen-bond acceptors (Lipinski definition) is 5. The Balaban J connectivity index is 1.25. The van der Waals surface area contributed by atoms with Gasteiger partial charge >= 0.3 is 5.97 Å². The third-order valence-electron chi connectivity index (χ3n) is 7.43. The van der Waals surface area contributed by atoms with E-state index in [2.05, 4.69) is 39.7 Å². The third kappa shape index (κ3) is 5.24. The second-order valence-electron chi connectivity index (χ2n) is 9.83. The average Bonchev–Trinajstić information content (AvgIpc) is 3.31. The molecular formula is C28H31N5O2. The minimum Gasteiger partial charge on any atom is -0.481 e. The Labute approximate surface area is 205 Å². The summed E-state index contributed by atoms with van der Waals surface area (Å²) in [5, 5.41) is 19.9. The van der Waals surface area contributed by atoms with Crippen molar-refractivity contribution in [2.75, 3.05) is 0 Å². The second kappa shape index (κ2) is 9.94. The first-order chi connectivity index (χ1) is 17.0. The van der Waals surface area contributed by atoms with Gasteiger partial charge in [-0.25, -0.2) is 0 Å². The summed E-state index contributed by atoms with van der Waals surface area (Å²) in [6, 6.07) is 12.8. The van der Waals surface area contributed by atoms with E-state index in [-0.39, 0.29) is 0 Å². The van der Waals surface area contributed by atoms with Crippen LogP contribution in [-0.2, 0) is 4.79 Å². The van der Waals surface area contributed by atoms with Gasteiger partial charge in [-0.15, -0.1) is 5.10 Å². The van der Waals surface area contributed by atoms with E-state index < -0.39 is 5.97 Å². The van der Waals surface area contributed by atoms with Crippen molar-refractivity contribution in [1.82, 2.24) is 15.4 Å². The standard InChI is InChI=1S/C28H31N5O2/c1-17-13-26-27(32-33-31-26)15-25(17)30-18(2)23-11-12-24(29-16-23)22-9-7-21(8-10-22)20-5-3-19(4-6-20)14-28(34)35/h7-10,13,15-16,19-20H,3-6,11-12,14H2,1-2H3,(H,34,35)(H,31,32,33)/b30-18+. The highest BCUT2D eigenvalue weighted by Crippen LogP contribution is 2.37. The van der Waals surface area contributed by atoms with E-state index in [0.29, 0.717) is 18.3 Å². The average molecular weight is 470 g/mol. The van der Waals surface area contributed by atoms with E-state index in [0.717, 1.165) is 77.8 Å². The molecule has 0 amide bonds. The van der Waals surface area contributed by atoms with Crippen molar-refractivity contribution in [3.63, 3.8) is 0 Å². The summed E-state index contributed by atoms with van der Waals surface area (Å²) in [7, 11) is 0. The predicted molar refractivity (Wildman–Crippen MR) is 139 cm³/mol. The molecule has 1 aliphatic carbocycles. The maximum Gasteiger partial charge on any atom is 0.303 e. The molecule has 2 aromatic carbocycles. The lowest BCUT2D eigenvalue weighted by atomic mass is 9.77. The summed E-state index contributed by atoms with van der Waals surface area (Å²) >= 11 is 0. The van der Waals surface area contributed by atoms with Crippen LogP contribution in [0.25, 0.3) is 11.0 Å². The number of carbonyl (C=O) groups is 1.